The average molecular weight is 601 g/mol. The molecule has 0 heterocycles. The summed E-state index contributed by atoms with van der Waals surface area (Å²) in [6.07, 6.45) is 4.18. The maximum absolute atomic E-state index is 10.7. The first-order chi connectivity index (χ1) is 19.8. The fourth-order valence-electron chi connectivity index (χ4n) is 7.18. The summed E-state index contributed by atoms with van der Waals surface area (Å²) in [6.45, 7) is 9.68. The predicted molar refractivity (Wildman–Crippen MR) is 175 cm³/mol. The summed E-state index contributed by atoms with van der Waals surface area (Å²) in [6, 6.07) is 18.2. The SMILES string of the molecule is Cc1cc(C2(c3ccc(O)c(S)c3)CCCC(c3cc(C)c(O)c(C)c3)(c3cc(C)c(O)c(S)c3)CC2)cc(C)c1O. The third-order valence-corrected chi connectivity index (χ3v) is 10.3. The van der Waals surface area contributed by atoms with Crippen LogP contribution in [0.4, 0.5) is 0 Å². The van der Waals surface area contributed by atoms with Gasteiger partial charge in [-0.1, -0.05) is 42.8 Å². The van der Waals surface area contributed by atoms with Crippen LogP contribution in [0.1, 0.15) is 82.2 Å². The van der Waals surface area contributed by atoms with E-state index in [0.29, 0.717) is 21.3 Å². The number of rotatable bonds is 4. The highest BCUT2D eigenvalue weighted by Gasteiger charge is 2.44. The Morgan fingerprint density at radius 2 is 0.857 bits per heavy atom. The van der Waals surface area contributed by atoms with Gasteiger partial charge in [0, 0.05) is 20.6 Å². The number of phenols is 4. The van der Waals surface area contributed by atoms with Crippen LogP contribution in [0.3, 0.4) is 0 Å². The number of benzene rings is 4. The Morgan fingerprint density at radius 3 is 1.29 bits per heavy atom. The Morgan fingerprint density at radius 1 is 0.476 bits per heavy atom. The quantitative estimate of drug-likeness (QED) is 0.104. The molecule has 0 spiro atoms. The van der Waals surface area contributed by atoms with Crippen LogP contribution in [0.15, 0.2) is 64.4 Å². The summed E-state index contributed by atoms with van der Waals surface area (Å²) in [7, 11) is 0. The number of thiol groups is 2. The van der Waals surface area contributed by atoms with Crippen LogP contribution in [0.2, 0.25) is 0 Å². The third-order valence-electron chi connectivity index (χ3n) is 9.63. The second-order valence-corrected chi connectivity index (χ2v) is 13.3. The Balaban J connectivity index is 1.76. The van der Waals surface area contributed by atoms with E-state index in [1.165, 1.54) is 0 Å². The van der Waals surface area contributed by atoms with Crippen molar-refractivity contribution in [3.63, 3.8) is 0 Å². The second-order valence-electron chi connectivity index (χ2n) is 12.3. The molecule has 220 valence electrons. The molecule has 1 saturated carbocycles. The smallest absolute Gasteiger partial charge is 0.131 e. The lowest BCUT2D eigenvalue weighted by atomic mass is 9.65. The van der Waals surface area contributed by atoms with Gasteiger partial charge >= 0.3 is 0 Å². The molecule has 2 unspecified atom stereocenters. The standard InChI is InChI=1S/C36H40O4S2/c1-20-13-26(14-21(2)32(20)38)35(25-7-8-29(37)30(41)18-25)9-6-10-36(12-11-35,27-15-22(3)33(39)23(4)16-27)28-17-24(5)34(40)31(42)19-28/h7-8,13-19,37-42H,6,9-12H2,1-5H3. The van der Waals surface area contributed by atoms with Gasteiger partial charge < -0.3 is 20.4 Å². The summed E-state index contributed by atoms with van der Waals surface area (Å²) in [5.74, 6) is 0.968. The second kappa shape index (κ2) is 11.1. The zero-order valence-electron chi connectivity index (χ0n) is 24.9. The molecule has 1 fully saturated rings. The van der Waals surface area contributed by atoms with E-state index in [0.717, 1.165) is 82.2 Å². The molecule has 2 atom stereocenters. The zero-order chi connectivity index (χ0) is 30.6. The molecule has 0 saturated heterocycles. The van der Waals surface area contributed by atoms with Gasteiger partial charge in [-0.3, -0.25) is 0 Å². The Labute approximate surface area is 259 Å². The molecule has 0 aliphatic heterocycles. The van der Waals surface area contributed by atoms with Crippen molar-refractivity contribution in [1.82, 2.24) is 0 Å². The molecule has 0 aromatic heterocycles. The maximum atomic E-state index is 10.7. The van der Waals surface area contributed by atoms with Crippen molar-refractivity contribution in [2.75, 3.05) is 0 Å². The molecule has 0 bridgehead atoms. The highest BCUT2D eigenvalue weighted by Crippen LogP contribution is 2.54. The van der Waals surface area contributed by atoms with Crippen molar-refractivity contribution in [3.05, 3.63) is 105 Å². The van der Waals surface area contributed by atoms with Crippen LogP contribution in [0.25, 0.3) is 0 Å². The summed E-state index contributed by atoms with van der Waals surface area (Å²) >= 11 is 9.23. The summed E-state index contributed by atoms with van der Waals surface area (Å²) < 4.78 is 0. The van der Waals surface area contributed by atoms with Gasteiger partial charge in [-0.15, -0.1) is 25.3 Å². The van der Waals surface area contributed by atoms with Crippen LogP contribution >= 0.6 is 25.3 Å². The minimum atomic E-state index is -0.400. The van der Waals surface area contributed by atoms with E-state index in [9.17, 15) is 20.4 Å². The van der Waals surface area contributed by atoms with E-state index in [2.05, 4.69) is 55.6 Å². The number of hydrogen-bond acceptors (Lipinski definition) is 6. The van der Waals surface area contributed by atoms with E-state index in [4.69, 9.17) is 0 Å². The van der Waals surface area contributed by atoms with E-state index >= 15 is 0 Å². The average Bonchev–Trinajstić information content (AvgIpc) is 3.16. The van der Waals surface area contributed by atoms with Gasteiger partial charge in [0.2, 0.25) is 0 Å². The Hall–Kier alpha value is -3.22. The number of hydrogen-bond donors (Lipinski definition) is 6. The van der Waals surface area contributed by atoms with Gasteiger partial charge in [-0.2, -0.15) is 0 Å². The van der Waals surface area contributed by atoms with E-state index in [1.807, 2.05) is 52.8 Å². The number of aryl methyl sites for hydroxylation is 5. The third kappa shape index (κ3) is 5.03. The van der Waals surface area contributed by atoms with E-state index in [-0.39, 0.29) is 11.5 Å². The number of aromatic hydroxyl groups is 4. The minimum absolute atomic E-state index is 0.147. The lowest BCUT2D eigenvalue weighted by Gasteiger charge is -2.38. The predicted octanol–water partition coefficient (Wildman–Crippen LogP) is 8.87. The van der Waals surface area contributed by atoms with Crippen molar-refractivity contribution in [1.29, 1.82) is 0 Å². The van der Waals surface area contributed by atoms with Crippen LogP contribution < -0.4 is 0 Å². The van der Waals surface area contributed by atoms with Gasteiger partial charge in [0.1, 0.15) is 23.0 Å². The molecule has 6 heteroatoms. The molecule has 4 nitrogen and oxygen atoms in total. The van der Waals surface area contributed by atoms with Gasteiger partial charge in [-0.25, -0.2) is 0 Å². The molecule has 42 heavy (non-hydrogen) atoms. The molecular weight excluding hydrogens is 561 g/mol. The molecule has 0 radical (unpaired) electrons. The van der Waals surface area contributed by atoms with Crippen molar-refractivity contribution in [2.24, 2.45) is 0 Å². The molecule has 5 rings (SSSR count). The lowest BCUT2D eigenvalue weighted by Crippen LogP contribution is -2.31. The van der Waals surface area contributed by atoms with Crippen LogP contribution in [-0.2, 0) is 10.8 Å². The molecule has 0 amide bonds. The Kier molecular flexibility index (Phi) is 8.01. The summed E-state index contributed by atoms with van der Waals surface area (Å²) in [5.41, 5.74) is 7.79. The van der Waals surface area contributed by atoms with Crippen molar-refractivity contribution in [2.45, 2.75) is 87.3 Å². The first-order valence-electron chi connectivity index (χ1n) is 14.5. The normalized spacial score (nSPS) is 20.8. The summed E-state index contributed by atoms with van der Waals surface area (Å²) in [5, 5.41) is 42.3. The molecule has 4 aromatic carbocycles. The number of phenolic OH excluding ortho intramolecular Hbond substituents is 4. The lowest BCUT2D eigenvalue weighted by molar-refractivity contribution is 0.406. The molecule has 4 aromatic rings. The van der Waals surface area contributed by atoms with Crippen molar-refractivity contribution in [3.8, 4) is 23.0 Å². The van der Waals surface area contributed by atoms with Crippen molar-refractivity contribution < 1.29 is 20.4 Å². The van der Waals surface area contributed by atoms with Crippen LogP contribution in [-0.4, -0.2) is 20.4 Å². The first kappa shape index (κ1) is 30.2. The molecule has 1 aliphatic carbocycles. The first-order valence-corrected chi connectivity index (χ1v) is 15.4. The highest BCUT2D eigenvalue weighted by atomic mass is 32.1. The van der Waals surface area contributed by atoms with Crippen molar-refractivity contribution >= 4 is 25.3 Å². The van der Waals surface area contributed by atoms with Gasteiger partial charge in [0.05, 0.1) is 0 Å². The molecular formula is C36H40O4S2. The molecule has 4 N–H and O–H groups in total. The molecule has 1 aliphatic rings. The largest absolute Gasteiger partial charge is 0.507 e. The zero-order valence-corrected chi connectivity index (χ0v) is 26.7. The minimum Gasteiger partial charge on any atom is -0.507 e. The van der Waals surface area contributed by atoms with Gasteiger partial charge in [-0.05, 0) is 129 Å². The van der Waals surface area contributed by atoms with Crippen LogP contribution in [0, 0.1) is 34.6 Å². The maximum Gasteiger partial charge on any atom is 0.131 e. The monoisotopic (exact) mass is 600 g/mol. The Bertz CT molecular complexity index is 1570. The van der Waals surface area contributed by atoms with Crippen LogP contribution in [0.5, 0.6) is 23.0 Å². The summed E-state index contributed by atoms with van der Waals surface area (Å²) in [4.78, 5) is 1.09. The topological polar surface area (TPSA) is 80.9 Å². The van der Waals surface area contributed by atoms with E-state index in [1.54, 1.807) is 6.07 Å². The fourth-order valence-corrected chi connectivity index (χ4v) is 7.71. The highest BCUT2D eigenvalue weighted by molar-refractivity contribution is 7.80. The van der Waals surface area contributed by atoms with E-state index < -0.39 is 10.8 Å². The van der Waals surface area contributed by atoms with Gasteiger partial charge in [0.15, 0.2) is 0 Å². The van der Waals surface area contributed by atoms with Gasteiger partial charge in [0.25, 0.3) is 0 Å². The fraction of sp³-hybridized carbons (Fsp3) is 0.333.